The van der Waals surface area contributed by atoms with E-state index in [-0.39, 0.29) is 0 Å². The van der Waals surface area contributed by atoms with Crippen molar-refractivity contribution in [3.05, 3.63) is 16.4 Å². The minimum atomic E-state index is 0.563. The van der Waals surface area contributed by atoms with Crippen LogP contribution in [0, 0.1) is 12.8 Å². The molecule has 0 aliphatic rings. The molecule has 0 saturated carbocycles. The van der Waals surface area contributed by atoms with Gasteiger partial charge in [0.1, 0.15) is 0 Å². The van der Waals surface area contributed by atoms with E-state index < -0.39 is 0 Å². The first-order valence-corrected chi connectivity index (χ1v) is 7.82. The molecule has 0 aliphatic carbocycles. The number of hydrogen-bond donors (Lipinski definition) is 1. The third-order valence-corrected chi connectivity index (χ3v) is 3.99. The lowest BCUT2D eigenvalue weighted by atomic mass is 9.97. The van der Waals surface area contributed by atoms with Crippen LogP contribution in [0.2, 0.25) is 5.02 Å². The summed E-state index contributed by atoms with van der Waals surface area (Å²) in [5, 5.41) is 8.87. The molecule has 1 heterocycles. The highest BCUT2D eigenvalue weighted by Crippen LogP contribution is 2.24. The number of halogens is 1. The van der Waals surface area contributed by atoms with Gasteiger partial charge < -0.3 is 5.32 Å². The summed E-state index contributed by atoms with van der Waals surface area (Å²) in [6, 6.07) is 0.563. The van der Waals surface area contributed by atoms with Crippen LogP contribution in [0.3, 0.4) is 0 Å². The summed E-state index contributed by atoms with van der Waals surface area (Å²) in [6.45, 7) is 12.8. The van der Waals surface area contributed by atoms with Crippen LogP contribution >= 0.6 is 11.6 Å². The third kappa shape index (κ3) is 4.81. The number of nitrogens with one attached hydrogen (secondary N) is 1. The van der Waals surface area contributed by atoms with Gasteiger partial charge in [0.05, 0.1) is 16.4 Å². The quantitative estimate of drug-likeness (QED) is 0.787. The fourth-order valence-electron chi connectivity index (χ4n) is 2.56. The fraction of sp³-hybridized carbons (Fsp3) is 0.800. The van der Waals surface area contributed by atoms with E-state index in [0.717, 1.165) is 30.2 Å². The first kappa shape index (κ1) is 16.5. The van der Waals surface area contributed by atoms with Gasteiger partial charge >= 0.3 is 0 Å². The van der Waals surface area contributed by atoms with Crippen LogP contribution in [0.25, 0.3) is 0 Å². The van der Waals surface area contributed by atoms with Gasteiger partial charge in [-0.25, -0.2) is 0 Å². The van der Waals surface area contributed by atoms with Crippen molar-refractivity contribution in [3.63, 3.8) is 0 Å². The Bertz CT molecular complexity index is 387. The summed E-state index contributed by atoms with van der Waals surface area (Å²) in [7, 11) is 0. The molecule has 0 bridgehead atoms. The third-order valence-electron chi connectivity index (χ3n) is 3.49. The van der Waals surface area contributed by atoms with Crippen molar-refractivity contribution in [1.29, 1.82) is 0 Å². The summed E-state index contributed by atoms with van der Waals surface area (Å²) < 4.78 is 2.04. The Hall–Kier alpha value is -0.540. The van der Waals surface area contributed by atoms with E-state index in [4.69, 9.17) is 11.6 Å². The number of aryl methyl sites for hydroxylation is 2. The predicted molar refractivity (Wildman–Crippen MR) is 82.9 cm³/mol. The van der Waals surface area contributed by atoms with E-state index >= 15 is 0 Å². The second-order valence-corrected chi connectivity index (χ2v) is 5.94. The lowest BCUT2D eigenvalue weighted by molar-refractivity contribution is 0.411. The highest BCUT2D eigenvalue weighted by molar-refractivity contribution is 6.31. The molecule has 2 atom stereocenters. The number of aromatic nitrogens is 2. The SMILES string of the molecule is CCCNC(C)CC(C)Cc1c(Cl)c(C)nn1CC. The standard InChI is InChI=1S/C15H28ClN3/c1-6-8-17-12(4)9-11(3)10-14-15(16)13(5)18-19(14)7-2/h11-12,17H,6-10H2,1-5H3. The van der Waals surface area contributed by atoms with Gasteiger partial charge in [-0.05, 0) is 52.5 Å². The lowest BCUT2D eigenvalue weighted by Crippen LogP contribution is -2.29. The van der Waals surface area contributed by atoms with Gasteiger partial charge in [-0.2, -0.15) is 5.10 Å². The van der Waals surface area contributed by atoms with Gasteiger partial charge in [0.25, 0.3) is 0 Å². The maximum atomic E-state index is 6.36. The van der Waals surface area contributed by atoms with Gasteiger partial charge in [-0.3, -0.25) is 4.68 Å². The Balaban J connectivity index is 2.59. The van der Waals surface area contributed by atoms with Gasteiger partial charge in [0.2, 0.25) is 0 Å². The zero-order valence-corrected chi connectivity index (χ0v) is 13.7. The van der Waals surface area contributed by atoms with Crippen molar-refractivity contribution >= 4 is 11.6 Å². The molecule has 110 valence electrons. The average Bonchev–Trinajstić information content (AvgIpc) is 2.64. The normalized spacial score (nSPS) is 14.6. The highest BCUT2D eigenvalue weighted by Gasteiger charge is 2.16. The molecule has 1 aromatic rings. The van der Waals surface area contributed by atoms with Gasteiger partial charge in [-0.15, -0.1) is 0 Å². The maximum Gasteiger partial charge on any atom is 0.0847 e. The van der Waals surface area contributed by atoms with E-state index in [9.17, 15) is 0 Å². The van der Waals surface area contributed by atoms with Crippen molar-refractivity contribution in [2.24, 2.45) is 5.92 Å². The monoisotopic (exact) mass is 285 g/mol. The zero-order valence-electron chi connectivity index (χ0n) is 13.0. The largest absolute Gasteiger partial charge is 0.314 e. The average molecular weight is 286 g/mol. The Morgan fingerprint density at radius 3 is 2.58 bits per heavy atom. The maximum absolute atomic E-state index is 6.36. The van der Waals surface area contributed by atoms with E-state index in [1.165, 1.54) is 18.5 Å². The Morgan fingerprint density at radius 1 is 1.32 bits per heavy atom. The molecule has 19 heavy (non-hydrogen) atoms. The van der Waals surface area contributed by atoms with Crippen LogP contribution in [0.5, 0.6) is 0 Å². The van der Waals surface area contributed by atoms with Gasteiger partial charge in [-0.1, -0.05) is 25.4 Å². The molecule has 1 aromatic heterocycles. The van der Waals surface area contributed by atoms with Gasteiger partial charge in [0.15, 0.2) is 0 Å². The molecule has 4 heteroatoms. The second kappa shape index (κ2) is 7.91. The van der Waals surface area contributed by atoms with Crippen LogP contribution in [0.15, 0.2) is 0 Å². The molecular weight excluding hydrogens is 258 g/mol. The molecule has 0 saturated heterocycles. The molecule has 0 aromatic carbocycles. The van der Waals surface area contributed by atoms with Crippen LogP contribution in [-0.4, -0.2) is 22.4 Å². The van der Waals surface area contributed by atoms with Crippen molar-refractivity contribution in [2.45, 2.75) is 66.5 Å². The fourth-order valence-corrected chi connectivity index (χ4v) is 2.77. The summed E-state index contributed by atoms with van der Waals surface area (Å²) in [4.78, 5) is 0. The topological polar surface area (TPSA) is 29.9 Å². The minimum absolute atomic E-state index is 0.563. The van der Waals surface area contributed by atoms with E-state index in [1.54, 1.807) is 0 Å². The number of nitrogens with zero attached hydrogens (tertiary/aromatic N) is 2. The minimum Gasteiger partial charge on any atom is -0.314 e. The summed E-state index contributed by atoms with van der Waals surface area (Å²) in [6.07, 6.45) is 3.36. The molecule has 3 nitrogen and oxygen atoms in total. The summed E-state index contributed by atoms with van der Waals surface area (Å²) in [5.74, 6) is 0.609. The highest BCUT2D eigenvalue weighted by atomic mass is 35.5. The van der Waals surface area contributed by atoms with Crippen molar-refractivity contribution in [1.82, 2.24) is 15.1 Å². The summed E-state index contributed by atoms with van der Waals surface area (Å²) in [5.41, 5.74) is 2.14. The second-order valence-electron chi connectivity index (χ2n) is 5.56. The Labute approximate surface area is 122 Å². The lowest BCUT2D eigenvalue weighted by Gasteiger charge is -2.19. The molecule has 1 rings (SSSR count). The van der Waals surface area contributed by atoms with E-state index in [1.807, 2.05) is 11.6 Å². The van der Waals surface area contributed by atoms with Crippen molar-refractivity contribution < 1.29 is 0 Å². The molecule has 0 radical (unpaired) electrons. The molecule has 2 unspecified atom stereocenters. The molecule has 0 fully saturated rings. The predicted octanol–water partition coefficient (Wildman–Crippen LogP) is 3.82. The van der Waals surface area contributed by atoms with Crippen molar-refractivity contribution in [2.75, 3.05) is 6.54 Å². The zero-order chi connectivity index (χ0) is 14.4. The van der Waals surface area contributed by atoms with Gasteiger partial charge in [0, 0.05) is 12.6 Å². The van der Waals surface area contributed by atoms with Crippen LogP contribution in [-0.2, 0) is 13.0 Å². The van der Waals surface area contributed by atoms with E-state index in [0.29, 0.717) is 12.0 Å². The Morgan fingerprint density at radius 2 is 2.00 bits per heavy atom. The van der Waals surface area contributed by atoms with Crippen LogP contribution in [0.1, 0.15) is 51.9 Å². The summed E-state index contributed by atoms with van der Waals surface area (Å²) >= 11 is 6.36. The number of rotatable bonds is 8. The molecule has 1 N–H and O–H groups in total. The Kier molecular flexibility index (Phi) is 6.87. The molecule has 0 amide bonds. The first-order valence-electron chi connectivity index (χ1n) is 7.44. The molecule has 0 spiro atoms. The van der Waals surface area contributed by atoms with Crippen molar-refractivity contribution in [3.8, 4) is 0 Å². The van der Waals surface area contributed by atoms with Crippen LogP contribution < -0.4 is 5.32 Å². The molecular formula is C15H28ClN3. The molecule has 0 aliphatic heterocycles. The first-order chi connectivity index (χ1) is 8.99. The van der Waals surface area contributed by atoms with Crippen LogP contribution in [0.4, 0.5) is 0 Å². The smallest absolute Gasteiger partial charge is 0.0847 e. The number of hydrogen-bond acceptors (Lipinski definition) is 2. The van der Waals surface area contributed by atoms with E-state index in [2.05, 4.69) is 38.1 Å².